The second-order valence-electron chi connectivity index (χ2n) is 7.55. The standard InChI is InChI=1S/C24H25NO5S/c1-28-23(26)22-21(19-9-5-6-10-20(19)31-22)30-18-13-11-17(12-14-18)25-24(27)29-15-16-7-3-2-4-8-16/h2-10,17-18H,11-15H2,1H3,(H,25,27). The topological polar surface area (TPSA) is 73.9 Å². The summed E-state index contributed by atoms with van der Waals surface area (Å²) in [4.78, 5) is 24.8. The van der Waals surface area contributed by atoms with Crippen LogP contribution in [0.15, 0.2) is 54.6 Å². The van der Waals surface area contributed by atoms with E-state index in [1.807, 2.05) is 54.6 Å². The third kappa shape index (κ3) is 5.17. The van der Waals surface area contributed by atoms with Gasteiger partial charge in [0.2, 0.25) is 0 Å². The van der Waals surface area contributed by atoms with Gasteiger partial charge in [0.25, 0.3) is 0 Å². The minimum absolute atomic E-state index is 0.0141. The van der Waals surface area contributed by atoms with Gasteiger partial charge in [0.05, 0.1) is 13.2 Å². The Hall–Kier alpha value is -3.06. The van der Waals surface area contributed by atoms with Gasteiger partial charge >= 0.3 is 12.1 Å². The summed E-state index contributed by atoms with van der Waals surface area (Å²) in [6.07, 6.45) is 2.74. The summed E-state index contributed by atoms with van der Waals surface area (Å²) in [6, 6.07) is 17.5. The molecule has 7 heteroatoms. The van der Waals surface area contributed by atoms with Crippen LogP contribution in [0.4, 0.5) is 4.79 Å². The van der Waals surface area contributed by atoms with Crippen LogP contribution in [0.2, 0.25) is 0 Å². The number of fused-ring (bicyclic) bond motifs is 1. The molecule has 1 fully saturated rings. The number of carbonyl (C=O) groups is 2. The van der Waals surface area contributed by atoms with E-state index in [-0.39, 0.29) is 24.7 Å². The van der Waals surface area contributed by atoms with E-state index >= 15 is 0 Å². The van der Waals surface area contributed by atoms with Crippen molar-refractivity contribution in [3.05, 3.63) is 65.0 Å². The lowest BCUT2D eigenvalue weighted by Gasteiger charge is -2.29. The highest BCUT2D eigenvalue weighted by Crippen LogP contribution is 2.40. The molecular formula is C24H25NO5S. The fraction of sp³-hybridized carbons (Fsp3) is 0.333. The van der Waals surface area contributed by atoms with Gasteiger partial charge < -0.3 is 19.5 Å². The lowest BCUT2D eigenvalue weighted by Crippen LogP contribution is -2.40. The smallest absolute Gasteiger partial charge is 0.407 e. The van der Waals surface area contributed by atoms with Crippen LogP contribution in [0.3, 0.4) is 0 Å². The van der Waals surface area contributed by atoms with Crippen molar-refractivity contribution in [2.24, 2.45) is 0 Å². The molecule has 1 aromatic heterocycles. The second-order valence-corrected chi connectivity index (χ2v) is 8.60. The number of esters is 1. The first-order valence-electron chi connectivity index (χ1n) is 10.4. The zero-order valence-corrected chi connectivity index (χ0v) is 18.2. The van der Waals surface area contributed by atoms with Crippen molar-refractivity contribution in [2.75, 3.05) is 7.11 Å². The summed E-state index contributed by atoms with van der Waals surface area (Å²) in [5.74, 6) is 0.221. The van der Waals surface area contributed by atoms with Gasteiger partial charge in [0.1, 0.15) is 6.61 Å². The molecule has 1 N–H and O–H groups in total. The predicted molar refractivity (Wildman–Crippen MR) is 120 cm³/mol. The first kappa shape index (κ1) is 21.2. The number of alkyl carbamates (subject to hydrolysis) is 1. The molecule has 1 aliphatic rings. The molecule has 0 atom stereocenters. The van der Waals surface area contributed by atoms with Crippen molar-refractivity contribution in [3.63, 3.8) is 0 Å². The number of hydrogen-bond acceptors (Lipinski definition) is 6. The molecule has 1 heterocycles. The molecule has 0 bridgehead atoms. The number of carbonyl (C=O) groups excluding carboxylic acids is 2. The molecule has 0 spiro atoms. The maximum absolute atomic E-state index is 12.2. The molecule has 0 radical (unpaired) electrons. The van der Waals surface area contributed by atoms with Gasteiger partial charge in [-0.3, -0.25) is 0 Å². The highest BCUT2D eigenvalue weighted by atomic mass is 32.1. The van der Waals surface area contributed by atoms with E-state index in [9.17, 15) is 9.59 Å². The molecule has 1 amide bonds. The van der Waals surface area contributed by atoms with Gasteiger partial charge in [-0.15, -0.1) is 11.3 Å². The van der Waals surface area contributed by atoms with Crippen molar-refractivity contribution in [2.45, 2.75) is 44.4 Å². The molecule has 0 unspecified atom stereocenters. The molecule has 162 valence electrons. The first-order chi connectivity index (χ1) is 15.1. The highest BCUT2D eigenvalue weighted by molar-refractivity contribution is 7.21. The molecule has 6 nitrogen and oxygen atoms in total. The number of benzene rings is 2. The number of hydrogen-bond donors (Lipinski definition) is 1. The molecule has 2 aromatic carbocycles. The molecule has 3 aromatic rings. The summed E-state index contributed by atoms with van der Waals surface area (Å²) in [6.45, 7) is 0.257. The fourth-order valence-electron chi connectivity index (χ4n) is 3.79. The van der Waals surface area contributed by atoms with Crippen LogP contribution in [0.5, 0.6) is 5.75 Å². The largest absolute Gasteiger partial charge is 0.488 e. The zero-order valence-electron chi connectivity index (χ0n) is 17.3. The maximum atomic E-state index is 12.2. The molecule has 0 aliphatic heterocycles. The number of methoxy groups -OCH3 is 1. The van der Waals surface area contributed by atoms with E-state index in [2.05, 4.69) is 5.32 Å². The van der Waals surface area contributed by atoms with Crippen molar-refractivity contribution in [1.82, 2.24) is 5.32 Å². The van der Waals surface area contributed by atoms with Crippen LogP contribution in [-0.2, 0) is 16.1 Å². The molecule has 0 saturated heterocycles. The summed E-state index contributed by atoms with van der Waals surface area (Å²) in [5, 5.41) is 3.88. The summed E-state index contributed by atoms with van der Waals surface area (Å²) in [7, 11) is 1.38. The van der Waals surface area contributed by atoms with Gasteiger partial charge in [-0.25, -0.2) is 9.59 Å². The molecule has 1 saturated carbocycles. The Labute approximate surface area is 185 Å². The number of amides is 1. The number of ether oxygens (including phenoxy) is 3. The highest BCUT2D eigenvalue weighted by Gasteiger charge is 2.27. The number of nitrogens with one attached hydrogen (secondary N) is 1. The minimum atomic E-state index is -0.398. The minimum Gasteiger partial charge on any atom is -0.488 e. The molecular weight excluding hydrogens is 414 g/mol. The van der Waals surface area contributed by atoms with Crippen LogP contribution in [-0.4, -0.2) is 31.3 Å². The number of thiophene rings is 1. The van der Waals surface area contributed by atoms with Crippen LogP contribution in [0.1, 0.15) is 40.9 Å². The first-order valence-corrected chi connectivity index (χ1v) is 11.2. The van der Waals surface area contributed by atoms with E-state index in [0.29, 0.717) is 10.6 Å². The Morgan fingerprint density at radius 2 is 1.71 bits per heavy atom. The SMILES string of the molecule is COC(=O)c1sc2ccccc2c1OC1CCC(NC(=O)OCc2ccccc2)CC1. The lowest BCUT2D eigenvalue weighted by atomic mass is 9.93. The molecule has 1 aliphatic carbocycles. The van der Waals surface area contributed by atoms with Crippen LogP contribution < -0.4 is 10.1 Å². The van der Waals surface area contributed by atoms with Gasteiger partial charge in [-0.1, -0.05) is 42.5 Å². The Balaban J connectivity index is 1.31. The summed E-state index contributed by atoms with van der Waals surface area (Å²) in [5.41, 5.74) is 0.958. The number of rotatable bonds is 6. The van der Waals surface area contributed by atoms with Crippen LogP contribution in [0, 0.1) is 0 Å². The average molecular weight is 440 g/mol. The monoisotopic (exact) mass is 439 g/mol. The quantitative estimate of drug-likeness (QED) is 0.527. The normalized spacial score (nSPS) is 18.4. The summed E-state index contributed by atoms with van der Waals surface area (Å²) >= 11 is 1.38. The predicted octanol–water partition coefficient (Wildman–Crippen LogP) is 5.30. The lowest BCUT2D eigenvalue weighted by molar-refractivity contribution is 0.0595. The van der Waals surface area contributed by atoms with Gasteiger partial charge in [0, 0.05) is 16.1 Å². The van der Waals surface area contributed by atoms with E-state index in [4.69, 9.17) is 14.2 Å². The van der Waals surface area contributed by atoms with Crippen molar-refractivity contribution < 1.29 is 23.8 Å². The maximum Gasteiger partial charge on any atom is 0.407 e. The zero-order chi connectivity index (χ0) is 21.6. The van der Waals surface area contributed by atoms with E-state index in [1.165, 1.54) is 18.4 Å². The third-order valence-electron chi connectivity index (χ3n) is 5.41. The molecule has 4 rings (SSSR count). The Bertz CT molecular complexity index is 1040. The van der Waals surface area contributed by atoms with Crippen molar-refractivity contribution in [3.8, 4) is 5.75 Å². The third-order valence-corrected chi connectivity index (χ3v) is 6.55. The fourth-order valence-corrected chi connectivity index (χ4v) is 4.84. The van der Waals surface area contributed by atoms with Gasteiger partial charge in [-0.2, -0.15) is 0 Å². The van der Waals surface area contributed by atoms with E-state index < -0.39 is 6.09 Å². The Morgan fingerprint density at radius 1 is 1.00 bits per heavy atom. The van der Waals surface area contributed by atoms with E-state index in [1.54, 1.807) is 0 Å². The second kappa shape index (κ2) is 9.83. The van der Waals surface area contributed by atoms with Gasteiger partial charge in [-0.05, 0) is 43.4 Å². The average Bonchev–Trinajstić information content (AvgIpc) is 3.17. The Morgan fingerprint density at radius 3 is 2.45 bits per heavy atom. The van der Waals surface area contributed by atoms with Crippen LogP contribution in [0.25, 0.3) is 10.1 Å². The summed E-state index contributed by atoms with van der Waals surface area (Å²) < 4.78 is 17.5. The van der Waals surface area contributed by atoms with Crippen molar-refractivity contribution >= 4 is 33.5 Å². The van der Waals surface area contributed by atoms with Crippen molar-refractivity contribution in [1.29, 1.82) is 0 Å². The van der Waals surface area contributed by atoms with E-state index in [0.717, 1.165) is 41.3 Å². The van der Waals surface area contributed by atoms with Crippen LogP contribution >= 0.6 is 11.3 Å². The van der Waals surface area contributed by atoms with Gasteiger partial charge in [0.15, 0.2) is 10.6 Å². The Kier molecular flexibility index (Phi) is 6.72. The molecule has 31 heavy (non-hydrogen) atoms.